The molecule has 3 fully saturated rings. The van der Waals surface area contributed by atoms with Crippen LogP contribution in [0.2, 0.25) is 0 Å². The molecule has 2 aromatic carbocycles. The molecule has 1 unspecified atom stereocenters. The first kappa shape index (κ1) is 21.4. The molecule has 5 rings (SSSR count). The minimum atomic E-state index is -0.371. The first-order valence-corrected chi connectivity index (χ1v) is 12.0. The summed E-state index contributed by atoms with van der Waals surface area (Å²) in [4.78, 5) is 16.5. The topological polar surface area (TPSA) is 41.6 Å². The van der Waals surface area contributed by atoms with E-state index in [0.717, 1.165) is 69.5 Å². The van der Waals surface area contributed by atoms with Crippen molar-refractivity contribution in [1.29, 1.82) is 0 Å². The van der Waals surface area contributed by atoms with Gasteiger partial charge in [-0.3, -0.25) is 4.79 Å². The predicted octanol–water partition coefficient (Wildman–Crippen LogP) is 4.99. The Labute approximate surface area is 190 Å². The number of carbonyl (C=O) groups excluding carboxylic acids is 1. The molecule has 1 spiro atoms. The van der Waals surface area contributed by atoms with E-state index in [-0.39, 0.29) is 22.7 Å². The summed E-state index contributed by atoms with van der Waals surface area (Å²) in [5.74, 6) is 1.07. The molecule has 2 aromatic rings. The van der Waals surface area contributed by atoms with Gasteiger partial charge in [-0.15, -0.1) is 0 Å². The summed E-state index contributed by atoms with van der Waals surface area (Å²) in [6, 6.07) is 15.2. The van der Waals surface area contributed by atoms with Crippen molar-refractivity contribution in [2.75, 3.05) is 26.7 Å². The molecule has 5 heteroatoms. The van der Waals surface area contributed by atoms with Crippen LogP contribution in [0.15, 0.2) is 48.5 Å². The zero-order valence-corrected chi connectivity index (χ0v) is 18.9. The van der Waals surface area contributed by atoms with Gasteiger partial charge in [0.05, 0.1) is 18.1 Å². The monoisotopic (exact) mass is 436 g/mol. The van der Waals surface area contributed by atoms with Crippen molar-refractivity contribution < 1.29 is 13.9 Å². The molecule has 1 atom stereocenters. The van der Waals surface area contributed by atoms with Gasteiger partial charge in [0.2, 0.25) is 5.91 Å². The van der Waals surface area contributed by atoms with Crippen LogP contribution in [0.3, 0.4) is 0 Å². The Hall–Kier alpha value is -2.40. The number of likely N-dealkylation sites (tertiary alicyclic amines) is 1. The van der Waals surface area contributed by atoms with E-state index in [1.807, 2.05) is 24.3 Å². The fourth-order valence-electron chi connectivity index (χ4n) is 6.53. The SMILES string of the molecule is COc1ccc(C2CN(C3(c4ccc(F)cc4)CCCCC3)C(=O)C23CCNCC3)cc1. The van der Waals surface area contributed by atoms with Crippen LogP contribution in [-0.4, -0.2) is 37.6 Å². The Morgan fingerprint density at radius 1 is 0.938 bits per heavy atom. The van der Waals surface area contributed by atoms with Crippen LogP contribution in [0.5, 0.6) is 5.75 Å². The van der Waals surface area contributed by atoms with E-state index in [4.69, 9.17) is 4.74 Å². The van der Waals surface area contributed by atoms with Gasteiger partial charge in [-0.05, 0) is 74.2 Å². The van der Waals surface area contributed by atoms with E-state index >= 15 is 0 Å². The number of nitrogens with one attached hydrogen (secondary N) is 1. The highest BCUT2D eigenvalue weighted by molar-refractivity contribution is 5.88. The van der Waals surface area contributed by atoms with Gasteiger partial charge >= 0.3 is 0 Å². The maximum atomic E-state index is 14.3. The minimum absolute atomic E-state index is 0.155. The lowest BCUT2D eigenvalue weighted by atomic mass is 9.68. The third kappa shape index (κ3) is 3.42. The van der Waals surface area contributed by atoms with Gasteiger partial charge in [0.15, 0.2) is 0 Å². The summed E-state index contributed by atoms with van der Waals surface area (Å²) in [7, 11) is 1.68. The molecule has 0 aromatic heterocycles. The van der Waals surface area contributed by atoms with E-state index in [9.17, 15) is 9.18 Å². The molecule has 0 radical (unpaired) electrons. The highest BCUT2D eigenvalue weighted by Crippen LogP contribution is 2.55. The van der Waals surface area contributed by atoms with Crippen molar-refractivity contribution in [3.05, 3.63) is 65.5 Å². The summed E-state index contributed by atoms with van der Waals surface area (Å²) in [5.41, 5.74) is 1.60. The first-order valence-electron chi connectivity index (χ1n) is 12.0. The van der Waals surface area contributed by atoms with Gasteiger partial charge in [0, 0.05) is 12.5 Å². The summed E-state index contributed by atoms with van der Waals surface area (Å²) in [5, 5.41) is 3.46. The summed E-state index contributed by atoms with van der Waals surface area (Å²) < 4.78 is 19.1. The number of carbonyl (C=O) groups is 1. The number of hydrogen-bond donors (Lipinski definition) is 1. The number of methoxy groups -OCH3 is 1. The van der Waals surface area contributed by atoms with Gasteiger partial charge in [-0.1, -0.05) is 43.5 Å². The number of amides is 1. The zero-order valence-electron chi connectivity index (χ0n) is 18.9. The van der Waals surface area contributed by atoms with E-state index in [0.29, 0.717) is 5.91 Å². The number of rotatable bonds is 4. The third-order valence-corrected chi connectivity index (χ3v) is 8.30. The molecule has 1 amide bonds. The average Bonchev–Trinajstić information content (AvgIpc) is 3.12. The minimum Gasteiger partial charge on any atom is -0.497 e. The predicted molar refractivity (Wildman–Crippen MR) is 123 cm³/mol. The van der Waals surface area contributed by atoms with Crippen molar-refractivity contribution in [2.24, 2.45) is 5.41 Å². The van der Waals surface area contributed by atoms with Crippen molar-refractivity contribution in [3.63, 3.8) is 0 Å². The summed E-state index contributed by atoms with van der Waals surface area (Å²) >= 11 is 0. The van der Waals surface area contributed by atoms with Crippen molar-refractivity contribution >= 4 is 5.91 Å². The highest BCUT2D eigenvalue weighted by Gasteiger charge is 2.59. The van der Waals surface area contributed by atoms with Gasteiger partial charge in [0.25, 0.3) is 0 Å². The second kappa shape index (κ2) is 8.51. The van der Waals surface area contributed by atoms with E-state index in [2.05, 4.69) is 22.3 Å². The van der Waals surface area contributed by atoms with Gasteiger partial charge in [-0.2, -0.15) is 0 Å². The lowest BCUT2D eigenvalue weighted by Gasteiger charge is -2.46. The lowest BCUT2D eigenvalue weighted by molar-refractivity contribution is -0.144. The third-order valence-electron chi connectivity index (χ3n) is 8.30. The molecule has 0 bridgehead atoms. The Morgan fingerprint density at radius 2 is 1.59 bits per heavy atom. The fraction of sp³-hybridized carbons (Fsp3) is 0.519. The van der Waals surface area contributed by atoms with Crippen LogP contribution in [0.4, 0.5) is 4.39 Å². The number of nitrogens with zero attached hydrogens (tertiary/aromatic N) is 1. The molecule has 170 valence electrons. The van der Waals surface area contributed by atoms with Crippen molar-refractivity contribution in [2.45, 2.75) is 56.4 Å². The molecular weight excluding hydrogens is 403 g/mol. The van der Waals surface area contributed by atoms with Crippen LogP contribution in [0, 0.1) is 11.2 Å². The van der Waals surface area contributed by atoms with Crippen molar-refractivity contribution in [3.8, 4) is 5.75 Å². The van der Waals surface area contributed by atoms with Crippen molar-refractivity contribution in [1.82, 2.24) is 10.2 Å². The maximum absolute atomic E-state index is 14.3. The van der Waals surface area contributed by atoms with Crippen LogP contribution in [-0.2, 0) is 10.3 Å². The van der Waals surface area contributed by atoms with E-state index in [1.54, 1.807) is 19.2 Å². The largest absolute Gasteiger partial charge is 0.497 e. The second-order valence-corrected chi connectivity index (χ2v) is 9.75. The average molecular weight is 437 g/mol. The van der Waals surface area contributed by atoms with E-state index < -0.39 is 0 Å². The number of ether oxygens (including phenoxy) is 1. The van der Waals surface area contributed by atoms with Gasteiger partial charge in [0.1, 0.15) is 11.6 Å². The number of halogens is 1. The standard InChI is InChI=1S/C27H33FN2O2/c1-32-23-11-5-20(6-12-23)24-19-30(25(31)26(24)15-17-29-18-16-26)27(13-3-2-4-14-27)21-7-9-22(28)10-8-21/h5-12,24,29H,2-4,13-19H2,1H3. The summed E-state index contributed by atoms with van der Waals surface area (Å²) in [6.45, 7) is 2.47. The fourth-order valence-corrected chi connectivity index (χ4v) is 6.53. The molecule has 1 aliphatic carbocycles. The zero-order chi connectivity index (χ0) is 22.2. The smallest absolute Gasteiger partial charge is 0.230 e. The maximum Gasteiger partial charge on any atom is 0.230 e. The van der Waals surface area contributed by atoms with Crippen LogP contribution >= 0.6 is 0 Å². The molecular formula is C27H33FN2O2. The quantitative estimate of drug-likeness (QED) is 0.734. The van der Waals surface area contributed by atoms with Gasteiger partial charge < -0.3 is 15.0 Å². The highest BCUT2D eigenvalue weighted by atomic mass is 19.1. The molecule has 2 heterocycles. The van der Waals surface area contributed by atoms with Crippen LogP contribution in [0.1, 0.15) is 62.0 Å². The van der Waals surface area contributed by atoms with Gasteiger partial charge in [-0.25, -0.2) is 4.39 Å². The Balaban J connectivity index is 1.58. The molecule has 32 heavy (non-hydrogen) atoms. The molecule has 3 aliphatic rings. The summed E-state index contributed by atoms with van der Waals surface area (Å²) in [6.07, 6.45) is 7.02. The molecule has 1 saturated carbocycles. The first-order chi connectivity index (χ1) is 15.6. The normalized spacial score (nSPS) is 24.6. The number of benzene rings is 2. The molecule has 1 N–H and O–H groups in total. The van der Waals surface area contributed by atoms with E-state index in [1.165, 1.54) is 12.0 Å². The van der Waals surface area contributed by atoms with Crippen LogP contribution in [0.25, 0.3) is 0 Å². The Kier molecular flexibility index (Phi) is 5.70. The second-order valence-electron chi connectivity index (χ2n) is 9.75. The number of hydrogen-bond acceptors (Lipinski definition) is 3. The lowest BCUT2D eigenvalue weighted by Crippen LogP contribution is -2.52. The van der Waals surface area contributed by atoms with Crippen LogP contribution < -0.4 is 10.1 Å². The number of piperidine rings is 1. The Bertz CT molecular complexity index is 945. The molecule has 2 aliphatic heterocycles. The Morgan fingerprint density at radius 3 is 2.22 bits per heavy atom. The molecule has 2 saturated heterocycles. The molecule has 4 nitrogen and oxygen atoms in total.